The fourth-order valence-corrected chi connectivity index (χ4v) is 3.05. The monoisotopic (exact) mass is 296 g/mol. The third kappa shape index (κ3) is 2.88. The Labute approximate surface area is 130 Å². The summed E-state index contributed by atoms with van der Waals surface area (Å²) < 4.78 is 0. The number of hydrogen-bond donors (Lipinski definition) is 1. The number of nitrogens with zero attached hydrogens (tertiary/aromatic N) is 2. The van der Waals surface area contributed by atoms with Gasteiger partial charge in [-0.2, -0.15) is 0 Å². The van der Waals surface area contributed by atoms with Gasteiger partial charge in [0.15, 0.2) is 0 Å². The summed E-state index contributed by atoms with van der Waals surface area (Å²) in [5.41, 5.74) is 1.75. The lowest BCUT2D eigenvalue weighted by molar-refractivity contribution is -0.129. The highest BCUT2D eigenvalue weighted by molar-refractivity contribution is 5.79. The van der Waals surface area contributed by atoms with E-state index in [-0.39, 0.29) is 17.9 Å². The molecule has 2 unspecified atom stereocenters. The van der Waals surface area contributed by atoms with Crippen LogP contribution in [-0.4, -0.2) is 27.4 Å². The highest BCUT2D eigenvalue weighted by Crippen LogP contribution is 2.34. The van der Waals surface area contributed by atoms with Gasteiger partial charge in [-0.1, -0.05) is 36.4 Å². The Kier molecular flexibility index (Phi) is 4.20. The quantitative estimate of drug-likeness (QED) is 0.944. The minimum absolute atomic E-state index is 0.0228. The number of aliphatic hydroxyl groups excluding tert-OH is 1. The lowest BCUT2D eigenvalue weighted by atomic mass is 9.98. The minimum atomic E-state index is -0.696. The van der Waals surface area contributed by atoms with Gasteiger partial charge in [-0.3, -0.25) is 9.78 Å². The number of hydrogen-bond acceptors (Lipinski definition) is 3. The predicted molar refractivity (Wildman–Crippen MR) is 83.9 cm³/mol. The number of carbonyl (C=O) groups is 1. The molecule has 3 rings (SSSR count). The number of pyridine rings is 1. The molecule has 4 nitrogen and oxygen atoms in total. The minimum Gasteiger partial charge on any atom is -0.386 e. The van der Waals surface area contributed by atoms with Crippen LogP contribution in [0, 0.1) is 5.92 Å². The van der Waals surface area contributed by atoms with Gasteiger partial charge >= 0.3 is 0 Å². The molecular weight excluding hydrogens is 276 g/mol. The van der Waals surface area contributed by atoms with Crippen LogP contribution in [0.2, 0.25) is 0 Å². The standard InChI is InChI=1S/C18H20N2O2/c1-13(14-7-3-2-4-8-14)20-12-15(11-17(20)21)18(22)16-9-5-6-10-19-16/h2-10,13,15,18,22H,11-12H2,1H3/t13?,15?,18-/m1/s1. The van der Waals surface area contributed by atoms with Crippen LogP contribution >= 0.6 is 0 Å². The first-order valence-electron chi connectivity index (χ1n) is 7.60. The van der Waals surface area contributed by atoms with Crippen molar-refractivity contribution in [2.45, 2.75) is 25.5 Å². The summed E-state index contributed by atoms with van der Waals surface area (Å²) in [6, 6.07) is 15.5. The molecule has 1 aromatic carbocycles. The van der Waals surface area contributed by atoms with E-state index in [1.54, 1.807) is 12.3 Å². The first kappa shape index (κ1) is 14.7. The van der Waals surface area contributed by atoms with E-state index in [0.717, 1.165) is 5.56 Å². The molecule has 0 radical (unpaired) electrons. The average Bonchev–Trinajstić information content (AvgIpc) is 2.97. The summed E-state index contributed by atoms with van der Waals surface area (Å²) in [5.74, 6) is -0.00936. The molecule has 114 valence electrons. The summed E-state index contributed by atoms with van der Waals surface area (Å²) in [7, 11) is 0. The Bertz CT molecular complexity index is 630. The molecule has 0 bridgehead atoms. The van der Waals surface area contributed by atoms with Gasteiger partial charge in [0, 0.05) is 25.1 Å². The van der Waals surface area contributed by atoms with E-state index in [4.69, 9.17) is 0 Å². The maximum Gasteiger partial charge on any atom is 0.223 e. The van der Waals surface area contributed by atoms with Gasteiger partial charge in [0.05, 0.1) is 11.7 Å². The van der Waals surface area contributed by atoms with E-state index in [2.05, 4.69) is 4.98 Å². The zero-order valence-corrected chi connectivity index (χ0v) is 12.6. The molecule has 4 heteroatoms. The van der Waals surface area contributed by atoms with Crippen molar-refractivity contribution in [1.82, 2.24) is 9.88 Å². The number of aromatic nitrogens is 1. The summed E-state index contributed by atoms with van der Waals surface area (Å²) in [6.45, 7) is 2.59. The predicted octanol–water partition coefficient (Wildman–Crippen LogP) is 2.72. The number of rotatable bonds is 4. The second-order valence-corrected chi connectivity index (χ2v) is 5.80. The molecule has 0 aliphatic carbocycles. The van der Waals surface area contributed by atoms with E-state index in [9.17, 15) is 9.90 Å². The van der Waals surface area contributed by atoms with E-state index < -0.39 is 6.10 Å². The third-order valence-corrected chi connectivity index (χ3v) is 4.38. The number of benzene rings is 1. The van der Waals surface area contributed by atoms with Crippen LogP contribution in [0.5, 0.6) is 0 Å². The van der Waals surface area contributed by atoms with Crippen LogP contribution in [0.4, 0.5) is 0 Å². The molecule has 1 aromatic heterocycles. The molecule has 3 atom stereocenters. The molecule has 1 fully saturated rings. The highest BCUT2D eigenvalue weighted by atomic mass is 16.3. The first-order chi connectivity index (χ1) is 10.7. The Morgan fingerprint density at radius 2 is 1.91 bits per heavy atom. The van der Waals surface area contributed by atoms with Crippen molar-refractivity contribution in [2.75, 3.05) is 6.54 Å². The molecule has 2 aromatic rings. The van der Waals surface area contributed by atoms with Crippen molar-refractivity contribution >= 4 is 5.91 Å². The van der Waals surface area contributed by atoms with Crippen LogP contribution in [0.15, 0.2) is 54.7 Å². The summed E-state index contributed by atoms with van der Waals surface area (Å²) in [4.78, 5) is 18.4. The van der Waals surface area contributed by atoms with Crippen molar-refractivity contribution in [2.24, 2.45) is 5.92 Å². The number of likely N-dealkylation sites (tertiary alicyclic amines) is 1. The molecular formula is C18H20N2O2. The van der Waals surface area contributed by atoms with Gasteiger partial charge in [0.2, 0.25) is 5.91 Å². The topological polar surface area (TPSA) is 53.4 Å². The zero-order valence-electron chi connectivity index (χ0n) is 12.6. The van der Waals surface area contributed by atoms with Crippen LogP contribution in [-0.2, 0) is 4.79 Å². The number of aliphatic hydroxyl groups is 1. The van der Waals surface area contributed by atoms with Gasteiger partial charge in [0.25, 0.3) is 0 Å². The van der Waals surface area contributed by atoms with Gasteiger partial charge in [-0.25, -0.2) is 0 Å². The molecule has 0 spiro atoms. The number of carbonyl (C=O) groups excluding carboxylic acids is 1. The molecule has 1 amide bonds. The van der Waals surface area contributed by atoms with Crippen molar-refractivity contribution in [3.8, 4) is 0 Å². The average molecular weight is 296 g/mol. The third-order valence-electron chi connectivity index (χ3n) is 4.38. The van der Waals surface area contributed by atoms with Crippen molar-refractivity contribution in [1.29, 1.82) is 0 Å². The largest absolute Gasteiger partial charge is 0.386 e. The smallest absolute Gasteiger partial charge is 0.223 e. The normalized spacial score (nSPS) is 20.9. The lowest BCUT2D eigenvalue weighted by Gasteiger charge is -2.26. The molecule has 1 aliphatic heterocycles. The first-order valence-corrected chi connectivity index (χ1v) is 7.60. The Morgan fingerprint density at radius 3 is 2.59 bits per heavy atom. The van der Waals surface area contributed by atoms with E-state index in [1.807, 2.05) is 54.3 Å². The summed E-state index contributed by atoms with van der Waals surface area (Å²) in [6.07, 6.45) is 1.34. The van der Waals surface area contributed by atoms with Crippen LogP contribution in [0.3, 0.4) is 0 Å². The van der Waals surface area contributed by atoms with Gasteiger partial charge in [-0.15, -0.1) is 0 Å². The van der Waals surface area contributed by atoms with Crippen molar-refractivity contribution < 1.29 is 9.90 Å². The molecule has 1 saturated heterocycles. The van der Waals surface area contributed by atoms with E-state index >= 15 is 0 Å². The molecule has 2 heterocycles. The summed E-state index contributed by atoms with van der Waals surface area (Å²) in [5, 5.41) is 10.5. The Morgan fingerprint density at radius 1 is 1.18 bits per heavy atom. The van der Waals surface area contributed by atoms with Crippen LogP contribution in [0.25, 0.3) is 0 Å². The van der Waals surface area contributed by atoms with Gasteiger partial charge < -0.3 is 10.0 Å². The fraction of sp³-hybridized carbons (Fsp3) is 0.333. The van der Waals surface area contributed by atoms with Crippen LogP contribution in [0.1, 0.15) is 36.7 Å². The maximum absolute atomic E-state index is 12.3. The molecule has 1 aliphatic rings. The molecule has 0 saturated carbocycles. The van der Waals surface area contributed by atoms with Crippen LogP contribution < -0.4 is 0 Å². The maximum atomic E-state index is 12.3. The highest BCUT2D eigenvalue weighted by Gasteiger charge is 2.37. The fourth-order valence-electron chi connectivity index (χ4n) is 3.05. The van der Waals surface area contributed by atoms with Crippen molar-refractivity contribution in [3.05, 3.63) is 66.0 Å². The van der Waals surface area contributed by atoms with E-state index in [0.29, 0.717) is 18.7 Å². The van der Waals surface area contributed by atoms with Crippen molar-refractivity contribution in [3.63, 3.8) is 0 Å². The second kappa shape index (κ2) is 6.28. The van der Waals surface area contributed by atoms with E-state index in [1.165, 1.54) is 0 Å². The molecule has 1 N–H and O–H groups in total. The second-order valence-electron chi connectivity index (χ2n) is 5.80. The lowest BCUT2D eigenvalue weighted by Crippen LogP contribution is -2.29. The Hall–Kier alpha value is -2.20. The van der Waals surface area contributed by atoms with Gasteiger partial charge in [0.1, 0.15) is 6.10 Å². The van der Waals surface area contributed by atoms with Gasteiger partial charge in [-0.05, 0) is 24.6 Å². The zero-order chi connectivity index (χ0) is 15.5. The number of amides is 1. The summed E-state index contributed by atoms with van der Waals surface area (Å²) >= 11 is 0. The Balaban J connectivity index is 1.73. The SMILES string of the molecule is CC(c1ccccc1)N1CC([C@@H](O)c2ccccn2)CC1=O. The molecule has 22 heavy (non-hydrogen) atoms.